The number of aromatic amines is 1. The second-order valence-corrected chi connectivity index (χ2v) is 5.38. The number of para-hydroxylation sites is 1. The van der Waals surface area contributed by atoms with E-state index in [0.717, 1.165) is 35.5 Å². The predicted octanol–water partition coefficient (Wildman–Crippen LogP) is 1.62. The van der Waals surface area contributed by atoms with Crippen LogP contribution in [0.25, 0.3) is 11.6 Å². The van der Waals surface area contributed by atoms with Crippen LogP contribution in [0.5, 0.6) is 5.75 Å². The molecule has 0 saturated carbocycles. The summed E-state index contributed by atoms with van der Waals surface area (Å²) in [4.78, 5) is 5.76. The minimum absolute atomic E-state index is 0.443. The topological polar surface area (TPSA) is 94.4 Å². The molecule has 0 saturated heterocycles. The molecule has 1 aromatic carbocycles. The normalized spacial score (nSPS) is 10.9. The molecule has 0 aliphatic carbocycles. The summed E-state index contributed by atoms with van der Waals surface area (Å²) in [6.45, 7) is 4.73. The summed E-state index contributed by atoms with van der Waals surface area (Å²) < 4.78 is 5.88. The molecule has 2 aromatic heterocycles. The lowest BCUT2D eigenvalue weighted by Crippen LogP contribution is -2.02. The zero-order valence-electron chi connectivity index (χ0n) is 13.4. The molecule has 1 N–H and O–H groups in total. The Balaban J connectivity index is 1.52. The lowest BCUT2D eigenvalue weighted by molar-refractivity contribution is 0.306. The summed E-state index contributed by atoms with van der Waals surface area (Å²) in [5.74, 6) is 2.66. The van der Waals surface area contributed by atoms with Gasteiger partial charge in [-0.2, -0.15) is 9.90 Å². The quantitative estimate of drug-likeness (QED) is 0.695. The van der Waals surface area contributed by atoms with Crippen LogP contribution >= 0.6 is 0 Å². The molecule has 2 heterocycles. The highest BCUT2D eigenvalue weighted by molar-refractivity contribution is 5.40. The Kier molecular flexibility index (Phi) is 4.31. The van der Waals surface area contributed by atoms with Crippen molar-refractivity contribution in [3.63, 3.8) is 0 Å². The fourth-order valence-corrected chi connectivity index (χ4v) is 2.32. The molecule has 8 heteroatoms. The van der Waals surface area contributed by atoms with Gasteiger partial charge in [0.2, 0.25) is 5.82 Å². The van der Waals surface area contributed by atoms with E-state index in [1.54, 1.807) is 7.05 Å². The monoisotopic (exact) mass is 313 g/mol. The van der Waals surface area contributed by atoms with Crippen LogP contribution in [-0.2, 0) is 13.5 Å². The van der Waals surface area contributed by atoms with E-state index in [4.69, 9.17) is 4.74 Å². The van der Waals surface area contributed by atoms with E-state index in [0.29, 0.717) is 18.3 Å². The summed E-state index contributed by atoms with van der Waals surface area (Å²) in [5, 5.41) is 18.8. The number of nitrogens with one attached hydrogen (secondary N) is 1. The highest BCUT2D eigenvalue weighted by atomic mass is 16.5. The Morgan fingerprint density at radius 2 is 2.00 bits per heavy atom. The molecular weight excluding hydrogens is 294 g/mol. The minimum Gasteiger partial charge on any atom is -0.493 e. The maximum atomic E-state index is 5.88. The lowest BCUT2D eigenvalue weighted by atomic mass is 10.1. The van der Waals surface area contributed by atoms with E-state index >= 15 is 0 Å². The number of nitrogens with zero attached hydrogens (tertiary/aromatic N) is 6. The third kappa shape index (κ3) is 3.53. The van der Waals surface area contributed by atoms with Crippen LogP contribution in [0, 0.1) is 13.8 Å². The summed E-state index contributed by atoms with van der Waals surface area (Å²) in [7, 11) is 1.71. The first-order valence-corrected chi connectivity index (χ1v) is 7.48. The fraction of sp³-hybridized carbons (Fsp3) is 0.400. The lowest BCUT2D eigenvalue weighted by Gasteiger charge is -2.11. The number of aromatic nitrogens is 7. The standard InChI is InChI=1S/C15H19N7O/c1-10-6-4-7-11(2)13(10)23-9-5-8-12-16-14(18-17-12)15-19-21-22(3)20-15/h4,6-7H,5,8-9H2,1-3H3,(H,16,17,18). The molecule has 0 amide bonds. The van der Waals surface area contributed by atoms with E-state index in [9.17, 15) is 0 Å². The van der Waals surface area contributed by atoms with Crippen molar-refractivity contribution >= 4 is 0 Å². The zero-order chi connectivity index (χ0) is 16.2. The van der Waals surface area contributed by atoms with Gasteiger partial charge in [-0.05, 0) is 36.6 Å². The van der Waals surface area contributed by atoms with Gasteiger partial charge in [-0.25, -0.2) is 4.98 Å². The third-order valence-electron chi connectivity index (χ3n) is 3.45. The van der Waals surface area contributed by atoms with Gasteiger partial charge in [-0.3, -0.25) is 5.10 Å². The van der Waals surface area contributed by atoms with Crippen LogP contribution in [0.2, 0.25) is 0 Å². The van der Waals surface area contributed by atoms with Gasteiger partial charge < -0.3 is 4.74 Å². The molecule has 120 valence electrons. The molecule has 23 heavy (non-hydrogen) atoms. The first-order chi connectivity index (χ1) is 11.1. The summed E-state index contributed by atoms with van der Waals surface area (Å²) in [6.07, 6.45) is 1.56. The van der Waals surface area contributed by atoms with Crippen LogP contribution in [0.15, 0.2) is 18.2 Å². The van der Waals surface area contributed by atoms with E-state index in [1.807, 2.05) is 6.07 Å². The Morgan fingerprint density at radius 3 is 2.70 bits per heavy atom. The maximum absolute atomic E-state index is 5.88. The predicted molar refractivity (Wildman–Crippen MR) is 83.9 cm³/mol. The number of tetrazole rings is 1. The highest BCUT2D eigenvalue weighted by Crippen LogP contribution is 2.22. The van der Waals surface area contributed by atoms with Crippen molar-refractivity contribution in [1.82, 2.24) is 35.4 Å². The minimum atomic E-state index is 0.443. The van der Waals surface area contributed by atoms with Gasteiger partial charge >= 0.3 is 0 Å². The summed E-state index contributed by atoms with van der Waals surface area (Å²) in [6, 6.07) is 6.14. The summed E-state index contributed by atoms with van der Waals surface area (Å²) >= 11 is 0. The smallest absolute Gasteiger partial charge is 0.241 e. The second kappa shape index (κ2) is 6.55. The van der Waals surface area contributed by atoms with Gasteiger partial charge in [0.15, 0.2) is 11.6 Å². The average molecular weight is 313 g/mol. The maximum Gasteiger partial charge on any atom is 0.241 e. The summed E-state index contributed by atoms with van der Waals surface area (Å²) in [5.41, 5.74) is 2.30. The molecule has 0 fully saturated rings. The van der Waals surface area contributed by atoms with Crippen molar-refractivity contribution in [2.75, 3.05) is 6.61 Å². The van der Waals surface area contributed by atoms with Crippen LogP contribution in [0.3, 0.4) is 0 Å². The molecule has 3 aromatic rings. The number of hydrogen-bond donors (Lipinski definition) is 1. The van der Waals surface area contributed by atoms with Gasteiger partial charge in [0.05, 0.1) is 13.7 Å². The fourth-order valence-electron chi connectivity index (χ4n) is 2.32. The van der Waals surface area contributed by atoms with Crippen molar-refractivity contribution in [3.05, 3.63) is 35.2 Å². The van der Waals surface area contributed by atoms with Gasteiger partial charge in [0, 0.05) is 6.42 Å². The number of aryl methyl sites for hydroxylation is 4. The number of rotatable bonds is 6. The molecule has 0 radical (unpaired) electrons. The van der Waals surface area contributed by atoms with Crippen molar-refractivity contribution in [2.24, 2.45) is 7.05 Å². The molecule has 0 atom stereocenters. The molecule has 0 bridgehead atoms. The number of hydrogen-bond acceptors (Lipinski definition) is 6. The SMILES string of the molecule is Cc1cccc(C)c1OCCCc1n[nH]c(-c2nnn(C)n2)n1. The Labute approximate surface area is 133 Å². The molecule has 3 rings (SSSR count). The Hall–Kier alpha value is -2.77. The van der Waals surface area contributed by atoms with Gasteiger partial charge in [-0.15, -0.1) is 10.2 Å². The Morgan fingerprint density at radius 1 is 1.22 bits per heavy atom. The van der Waals surface area contributed by atoms with Crippen LogP contribution in [-0.4, -0.2) is 42.0 Å². The number of ether oxygens (including phenoxy) is 1. The first kappa shape index (κ1) is 15.1. The molecule has 0 aliphatic heterocycles. The van der Waals surface area contributed by atoms with Crippen LogP contribution in [0.1, 0.15) is 23.4 Å². The van der Waals surface area contributed by atoms with Crippen molar-refractivity contribution in [1.29, 1.82) is 0 Å². The van der Waals surface area contributed by atoms with Gasteiger partial charge in [0.1, 0.15) is 5.75 Å². The molecule has 0 spiro atoms. The van der Waals surface area contributed by atoms with Crippen molar-refractivity contribution < 1.29 is 4.74 Å². The molecular formula is C15H19N7O. The zero-order valence-corrected chi connectivity index (χ0v) is 13.4. The van der Waals surface area contributed by atoms with Crippen LogP contribution in [0.4, 0.5) is 0 Å². The second-order valence-electron chi connectivity index (χ2n) is 5.38. The molecule has 8 nitrogen and oxygen atoms in total. The third-order valence-corrected chi connectivity index (χ3v) is 3.45. The van der Waals surface area contributed by atoms with E-state index in [1.165, 1.54) is 4.80 Å². The average Bonchev–Trinajstić information content (AvgIpc) is 3.15. The Bertz CT molecular complexity index is 772. The highest BCUT2D eigenvalue weighted by Gasteiger charge is 2.10. The van der Waals surface area contributed by atoms with Crippen molar-refractivity contribution in [2.45, 2.75) is 26.7 Å². The van der Waals surface area contributed by atoms with Crippen LogP contribution < -0.4 is 4.74 Å². The molecule has 0 unspecified atom stereocenters. The van der Waals surface area contributed by atoms with Crippen molar-refractivity contribution in [3.8, 4) is 17.4 Å². The van der Waals surface area contributed by atoms with E-state index < -0.39 is 0 Å². The van der Waals surface area contributed by atoms with Gasteiger partial charge in [0.25, 0.3) is 0 Å². The van der Waals surface area contributed by atoms with E-state index in [-0.39, 0.29) is 0 Å². The first-order valence-electron chi connectivity index (χ1n) is 7.48. The molecule has 0 aliphatic rings. The largest absolute Gasteiger partial charge is 0.493 e. The van der Waals surface area contributed by atoms with E-state index in [2.05, 4.69) is 56.6 Å². The van der Waals surface area contributed by atoms with Gasteiger partial charge in [-0.1, -0.05) is 18.2 Å². The number of H-pyrrole nitrogens is 1. The number of benzene rings is 1.